The minimum atomic E-state index is -1.35. The average molecular weight is 273 g/mol. The predicted octanol–water partition coefficient (Wildman–Crippen LogP) is 3.14. The Bertz CT molecular complexity index is 370. The highest BCUT2D eigenvalue weighted by Gasteiger charge is 2.16. The summed E-state index contributed by atoms with van der Waals surface area (Å²) in [6.45, 7) is 6.35. The average Bonchev–Trinajstić information content (AvgIpc) is 2.25. The second-order valence-corrected chi connectivity index (χ2v) is 10.8. The number of hydrogen-bond acceptors (Lipinski definition) is 3. The molecule has 94 valence electrons. The van der Waals surface area contributed by atoms with E-state index in [-0.39, 0.29) is 12.6 Å². The first kappa shape index (κ1) is 14.1. The van der Waals surface area contributed by atoms with E-state index in [4.69, 9.17) is 21.1 Å². The standard InChI is InChI=1S/C12H17ClO3Si/c1-17(2,3)9-16-12(14)8-15-11-6-4-10(13)5-7-11/h4-7H,8-9H2,1-3H3. The first-order chi connectivity index (χ1) is 7.87. The quantitative estimate of drug-likeness (QED) is 0.610. The molecule has 0 aliphatic rings. The molecule has 0 fully saturated rings. The van der Waals surface area contributed by atoms with Crippen LogP contribution in [0.3, 0.4) is 0 Å². The molecule has 0 N–H and O–H groups in total. The van der Waals surface area contributed by atoms with Crippen molar-refractivity contribution < 1.29 is 14.3 Å². The van der Waals surface area contributed by atoms with Crippen LogP contribution in [0.5, 0.6) is 5.75 Å². The molecule has 1 rings (SSSR count). The summed E-state index contributed by atoms with van der Waals surface area (Å²) >= 11 is 5.73. The van der Waals surface area contributed by atoms with E-state index in [0.29, 0.717) is 17.0 Å². The van der Waals surface area contributed by atoms with Gasteiger partial charge in [-0.2, -0.15) is 0 Å². The molecule has 17 heavy (non-hydrogen) atoms. The van der Waals surface area contributed by atoms with Gasteiger partial charge in [-0.3, -0.25) is 0 Å². The number of benzene rings is 1. The Morgan fingerprint density at radius 2 is 1.82 bits per heavy atom. The molecule has 0 amide bonds. The van der Waals surface area contributed by atoms with Gasteiger partial charge in [0.2, 0.25) is 0 Å². The number of carbonyl (C=O) groups excluding carboxylic acids is 1. The Balaban J connectivity index is 2.31. The Morgan fingerprint density at radius 1 is 1.24 bits per heavy atom. The van der Waals surface area contributed by atoms with Gasteiger partial charge in [-0.05, 0) is 24.3 Å². The molecule has 0 heterocycles. The maximum Gasteiger partial charge on any atom is 0.343 e. The second kappa shape index (κ2) is 6.07. The smallest absolute Gasteiger partial charge is 0.343 e. The fourth-order valence-corrected chi connectivity index (χ4v) is 1.73. The van der Waals surface area contributed by atoms with Gasteiger partial charge >= 0.3 is 5.97 Å². The number of ether oxygens (including phenoxy) is 2. The van der Waals surface area contributed by atoms with E-state index in [2.05, 4.69) is 19.6 Å². The minimum Gasteiger partial charge on any atom is -0.482 e. The highest BCUT2D eigenvalue weighted by atomic mass is 35.5. The molecule has 0 atom stereocenters. The molecular formula is C12H17ClO3Si. The lowest BCUT2D eigenvalue weighted by molar-refractivity contribution is -0.144. The molecule has 0 aliphatic heterocycles. The number of rotatable bonds is 5. The molecule has 0 aromatic heterocycles. The number of esters is 1. The first-order valence-corrected chi connectivity index (χ1v) is 9.49. The van der Waals surface area contributed by atoms with Crippen LogP contribution < -0.4 is 4.74 Å². The summed E-state index contributed by atoms with van der Waals surface area (Å²) in [5.41, 5.74) is 0. The van der Waals surface area contributed by atoms with Crippen LogP contribution in [0.2, 0.25) is 24.7 Å². The zero-order chi connectivity index (χ0) is 12.9. The van der Waals surface area contributed by atoms with Crippen molar-refractivity contribution >= 4 is 25.6 Å². The highest BCUT2D eigenvalue weighted by molar-refractivity contribution is 6.76. The number of carbonyl (C=O) groups is 1. The second-order valence-electron chi connectivity index (χ2n) is 4.96. The zero-order valence-corrected chi connectivity index (χ0v) is 12.1. The van der Waals surface area contributed by atoms with Crippen LogP contribution >= 0.6 is 11.6 Å². The van der Waals surface area contributed by atoms with E-state index in [1.165, 1.54) is 0 Å². The van der Waals surface area contributed by atoms with Gasteiger partial charge in [0, 0.05) is 5.02 Å². The van der Waals surface area contributed by atoms with Gasteiger partial charge < -0.3 is 9.47 Å². The van der Waals surface area contributed by atoms with Crippen molar-refractivity contribution in [3.8, 4) is 5.75 Å². The van der Waals surface area contributed by atoms with Crippen molar-refractivity contribution in [1.29, 1.82) is 0 Å². The zero-order valence-electron chi connectivity index (χ0n) is 10.3. The Labute approximate surface area is 108 Å². The topological polar surface area (TPSA) is 35.5 Å². The maximum atomic E-state index is 11.4. The van der Waals surface area contributed by atoms with Crippen molar-refractivity contribution in [2.75, 3.05) is 12.8 Å². The molecule has 0 saturated heterocycles. The summed E-state index contributed by atoms with van der Waals surface area (Å²) in [6.07, 6.45) is 0.524. The van der Waals surface area contributed by atoms with Crippen molar-refractivity contribution in [3.63, 3.8) is 0 Å². The third-order valence-electron chi connectivity index (χ3n) is 1.84. The van der Waals surface area contributed by atoms with Crippen LogP contribution in [0.4, 0.5) is 0 Å². The Hall–Kier alpha value is -1.00. The van der Waals surface area contributed by atoms with Gasteiger partial charge in [0.1, 0.15) is 5.75 Å². The molecule has 0 spiro atoms. The molecule has 0 bridgehead atoms. The van der Waals surface area contributed by atoms with Gasteiger partial charge in [-0.25, -0.2) is 4.79 Å². The van der Waals surface area contributed by atoms with Crippen LogP contribution in [0.25, 0.3) is 0 Å². The molecule has 5 heteroatoms. The van der Waals surface area contributed by atoms with Crippen molar-refractivity contribution in [3.05, 3.63) is 29.3 Å². The van der Waals surface area contributed by atoms with Crippen molar-refractivity contribution in [1.82, 2.24) is 0 Å². The van der Waals surface area contributed by atoms with E-state index >= 15 is 0 Å². The van der Waals surface area contributed by atoms with Gasteiger partial charge in [0.25, 0.3) is 0 Å². The Morgan fingerprint density at radius 3 is 2.35 bits per heavy atom. The van der Waals surface area contributed by atoms with Gasteiger partial charge in [-0.15, -0.1) is 0 Å². The van der Waals surface area contributed by atoms with Gasteiger partial charge in [0.15, 0.2) is 6.61 Å². The molecule has 1 aromatic rings. The predicted molar refractivity (Wildman–Crippen MR) is 71.3 cm³/mol. The van der Waals surface area contributed by atoms with Crippen LogP contribution in [0, 0.1) is 0 Å². The summed E-state index contributed by atoms with van der Waals surface area (Å²) < 4.78 is 10.4. The largest absolute Gasteiger partial charge is 0.482 e. The number of halogens is 1. The fraction of sp³-hybridized carbons (Fsp3) is 0.417. The monoisotopic (exact) mass is 272 g/mol. The molecule has 0 unspecified atom stereocenters. The highest BCUT2D eigenvalue weighted by Crippen LogP contribution is 2.15. The van der Waals surface area contributed by atoms with Crippen LogP contribution in [-0.2, 0) is 9.53 Å². The summed E-state index contributed by atoms with van der Waals surface area (Å²) in [5.74, 6) is 0.279. The lowest BCUT2D eigenvalue weighted by Gasteiger charge is -2.15. The Kier molecular flexibility index (Phi) is 5.02. The SMILES string of the molecule is C[Si](C)(C)COC(=O)COc1ccc(Cl)cc1. The molecule has 0 radical (unpaired) electrons. The number of hydrogen-bond donors (Lipinski definition) is 0. The van der Waals surface area contributed by atoms with Crippen LogP contribution in [0.15, 0.2) is 24.3 Å². The molecule has 3 nitrogen and oxygen atoms in total. The normalized spacial score (nSPS) is 11.1. The van der Waals surface area contributed by atoms with Crippen molar-refractivity contribution in [2.45, 2.75) is 19.6 Å². The molecular weight excluding hydrogens is 256 g/mol. The van der Waals surface area contributed by atoms with E-state index in [0.717, 1.165) is 0 Å². The maximum absolute atomic E-state index is 11.4. The van der Waals surface area contributed by atoms with E-state index in [1.54, 1.807) is 24.3 Å². The van der Waals surface area contributed by atoms with E-state index in [1.807, 2.05) is 0 Å². The first-order valence-electron chi connectivity index (χ1n) is 5.41. The lowest BCUT2D eigenvalue weighted by atomic mass is 10.3. The fourth-order valence-electron chi connectivity index (χ4n) is 1.01. The molecule has 0 saturated carbocycles. The van der Waals surface area contributed by atoms with Gasteiger partial charge in [0.05, 0.1) is 14.3 Å². The third kappa shape index (κ3) is 6.34. The summed E-state index contributed by atoms with van der Waals surface area (Å²) in [6, 6.07) is 6.86. The summed E-state index contributed by atoms with van der Waals surface area (Å²) in [5, 5.41) is 0.638. The van der Waals surface area contributed by atoms with E-state index in [9.17, 15) is 4.79 Å². The summed E-state index contributed by atoms with van der Waals surface area (Å²) in [7, 11) is -1.35. The van der Waals surface area contributed by atoms with Crippen LogP contribution in [-0.4, -0.2) is 26.9 Å². The lowest BCUT2D eigenvalue weighted by Crippen LogP contribution is -2.31. The molecule has 0 aliphatic carbocycles. The van der Waals surface area contributed by atoms with E-state index < -0.39 is 8.07 Å². The van der Waals surface area contributed by atoms with Gasteiger partial charge in [-0.1, -0.05) is 31.2 Å². The van der Waals surface area contributed by atoms with Crippen molar-refractivity contribution in [2.24, 2.45) is 0 Å². The minimum absolute atomic E-state index is 0.0634. The third-order valence-corrected chi connectivity index (χ3v) is 3.10. The molecule has 1 aromatic carbocycles. The summed E-state index contributed by atoms with van der Waals surface area (Å²) in [4.78, 5) is 11.4. The van der Waals surface area contributed by atoms with Crippen LogP contribution in [0.1, 0.15) is 0 Å².